The minimum Gasteiger partial charge on any atom is -0.493 e. The SMILES string of the molecule is CCC([NH])c1ccc(OC)c(OC)c1. The third kappa shape index (κ3) is 2.17. The number of hydrogen-bond acceptors (Lipinski definition) is 2. The molecule has 0 aliphatic heterocycles. The lowest BCUT2D eigenvalue weighted by atomic mass is 10.1. The van der Waals surface area contributed by atoms with Crippen LogP contribution in [0.5, 0.6) is 11.5 Å². The standard InChI is InChI=1S/C11H16NO2/c1-4-9(12)8-5-6-10(13-2)11(7-8)14-3/h5-7,9,12H,4H2,1-3H3. The fourth-order valence-electron chi connectivity index (χ4n) is 1.31. The summed E-state index contributed by atoms with van der Waals surface area (Å²) in [6.45, 7) is 1.99. The molecular formula is C11H16NO2. The first kappa shape index (κ1) is 10.9. The summed E-state index contributed by atoms with van der Waals surface area (Å²) in [6, 6.07) is 5.42. The second-order valence-electron chi connectivity index (χ2n) is 3.08. The largest absolute Gasteiger partial charge is 0.493 e. The van der Waals surface area contributed by atoms with Crippen LogP contribution in [0.4, 0.5) is 0 Å². The van der Waals surface area contributed by atoms with Crippen LogP contribution in [0.3, 0.4) is 0 Å². The van der Waals surface area contributed by atoms with Crippen molar-refractivity contribution < 1.29 is 9.47 Å². The van der Waals surface area contributed by atoms with E-state index in [0.717, 1.165) is 12.0 Å². The minimum atomic E-state index is -0.185. The topological polar surface area (TPSA) is 42.3 Å². The van der Waals surface area contributed by atoms with Gasteiger partial charge >= 0.3 is 0 Å². The summed E-state index contributed by atoms with van der Waals surface area (Å²) in [5.74, 6) is 1.40. The molecule has 1 N–H and O–H groups in total. The molecule has 0 aliphatic carbocycles. The van der Waals surface area contributed by atoms with Crippen molar-refractivity contribution in [3.63, 3.8) is 0 Å². The second kappa shape index (κ2) is 4.86. The van der Waals surface area contributed by atoms with Crippen molar-refractivity contribution in [3.05, 3.63) is 23.8 Å². The molecule has 1 atom stereocenters. The zero-order valence-corrected chi connectivity index (χ0v) is 8.83. The van der Waals surface area contributed by atoms with Gasteiger partial charge < -0.3 is 9.47 Å². The summed E-state index contributed by atoms with van der Waals surface area (Å²) >= 11 is 0. The summed E-state index contributed by atoms with van der Waals surface area (Å²) in [5.41, 5.74) is 8.73. The lowest BCUT2D eigenvalue weighted by Crippen LogP contribution is -1.99. The Labute approximate surface area is 84.8 Å². The number of nitrogens with one attached hydrogen (secondary N) is 1. The predicted molar refractivity (Wildman–Crippen MR) is 55.7 cm³/mol. The van der Waals surface area contributed by atoms with E-state index in [0.29, 0.717) is 11.5 Å². The van der Waals surface area contributed by atoms with E-state index in [1.165, 1.54) is 0 Å². The highest BCUT2D eigenvalue weighted by molar-refractivity contribution is 5.43. The highest BCUT2D eigenvalue weighted by atomic mass is 16.5. The number of rotatable bonds is 4. The maximum absolute atomic E-state index is 7.76. The molecule has 3 heteroatoms. The van der Waals surface area contributed by atoms with Crippen LogP contribution in [0.25, 0.3) is 0 Å². The van der Waals surface area contributed by atoms with E-state index >= 15 is 0 Å². The third-order valence-corrected chi connectivity index (χ3v) is 2.22. The Morgan fingerprint density at radius 2 is 1.86 bits per heavy atom. The van der Waals surface area contributed by atoms with Gasteiger partial charge in [0.15, 0.2) is 11.5 Å². The molecule has 0 saturated heterocycles. The molecule has 0 bridgehead atoms. The molecule has 1 rings (SSSR count). The van der Waals surface area contributed by atoms with Gasteiger partial charge in [-0.1, -0.05) is 13.0 Å². The van der Waals surface area contributed by atoms with Crippen LogP contribution in [0.2, 0.25) is 0 Å². The van der Waals surface area contributed by atoms with E-state index < -0.39 is 0 Å². The van der Waals surface area contributed by atoms with Crippen LogP contribution in [0.15, 0.2) is 18.2 Å². The van der Waals surface area contributed by atoms with Gasteiger partial charge in [0, 0.05) is 6.04 Å². The number of methoxy groups -OCH3 is 2. The Hall–Kier alpha value is -1.22. The average Bonchev–Trinajstić information content (AvgIpc) is 2.26. The summed E-state index contributed by atoms with van der Waals surface area (Å²) in [5, 5.41) is 0. The van der Waals surface area contributed by atoms with E-state index in [4.69, 9.17) is 15.2 Å². The van der Waals surface area contributed by atoms with E-state index in [1.54, 1.807) is 14.2 Å². The molecule has 1 aromatic rings. The summed E-state index contributed by atoms with van der Waals surface area (Å²) in [7, 11) is 3.21. The van der Waals surface area contributed by atoms with Crippen molar-refractivity contribution in [2.75, 3.05) is 14.2 Å². The minimum absolute atomic E-state index is 0.185. The van der Waals surface area contributed by atoms with Gasteiger partial charge in [0.1, 0.15) is 0 Å². The Morgan fingerprint density at radius 3 is 2.36 bits per heavy atom. The predicted octanol–water partition coefficient (Wildman–Crippen LogP) is 2.44. The Balaban J connectivity index is 3.01. The molecule has 0 aliphatic rings. The monoisotopic (exact) mass is 194 g/mol. The lowest BCUT2D eigenvalue weighted by Gasteiger charge is -2.12. The fourth-order valence-corrected chi connectivity index (χ4v) is 1.31. The van der Waals surface area contributed by atoms with Crippen LogP contribution in [0, 0.1) is 0 Å². The zero-order chi connectivity index (χ0) is 10.6. The van der Waals surface area contributed by atoms with Crippen LogP contribution in [-0.2, 0) is 0 Å². The molecule has 1 unspecified atom stereocenters. The molecule has 0 amide bonds. The van der Waals surface area contributed by atoms with Gasteiger partial charge in [0.25, 0.3) is 0 Å². The molecular weight excluding hydrogens is 178 g/mol. The van der Waals surface area contributed by atoms with E-state index in [1.807, 2.05) is 25.1 Å². The van der Waals surface area contributed by atoms with E-state index in [2.05, 4.69) is 0 Å². The number of ether oxygens (including phenoxy) is 2. The molecule has 14 heavy (non-hydrogen) atoms. The average molecular weight is 194 g/mol. The van der Waals surface area contributed by atoms with Gasteiger partial charge in [-0.15, -0.1) is 0 Å². The van der Waals surface area contributed by atoms with Crippen molar-refractivity contribution in [2.45, 2.75) is 19.4 Å². The highest BCUT2D eigenvalue weighted by Gasteiger charge is 2.08. The molecule has 1 aromatic carbocycles. The molecule has 0 spiro atoms. The maximum Gasteiger partial charge on any atom is 0.161 e. The van der Waals surface area contributed by atoms with Crippen molar-refractivity contribution in [1.29, 1.82) is 0 Å². The Kier molecular flexibility index (Phi) is 3.77. The maximum atomic E-state index is 7.76. The molecule has 0 saturated carbocycles. The van der Waals surface area contributed by atoms with Crippen molar-refractivity contribution in [3.8, 4) is 11.5 Å². The first-order valence-corrected chi connectivity index (χ1v) is 4.66. The van der Waals surface area contributed by atoms with Crippen molar-refractivity contribution in [2.24, 2.45) is 0 Å². The first-order chi connectivity index (χ1) is 6.72. The van der Waals surface area contributed by atoms with Gasteiger partial charge in [-0.05, 0) is 24.1 Å². The van der Waals surface area contributed by atoms with Gasteiger partial charge in [-0.25, -0.2) is 5.73 Å². The third-order valence-electron chi connectivity index (χ3n) is 2.22. The smallest absolute Gasteiger partial charge is 0.161 e. The number of hydrogen-bond donors (Lipinski definition) is 0. The second-order valence-corrected chi connectivity index (χ2v) is 3.08. The quantitative estimate of drug-likeness (QED) is 0.738. The molecule has 0 fully saturated rings. The zero-order valence-electron chi connectivity index (χ0n) is 8.83. The normalized spacial score (nSPS) is 12.3. The number of benzene rings is 1. The molecule has 0 heterocycles. The molecule has 3 nitrogen and oxygen atoms in total. The highest BCUT2D eigenvalue weighted by Crippen LogP contribution is 2.30. The van der Waals surface area contributed by atoms with Gasteiger partial charge in [-0.2, -0.15) is 0 Å². The van der Waals surface area contributed by atoms with Crippen LogP contribution < -0.4 is 15.2 Å². The summed E-state index contributed by atoms with van der Waals surface area (Å²) in [4.78, 5) is 0. The van der Waals surface area contributed by atoms with Crippen LogP contribution in [0.1, 0.15) is 24.9 Å². The molecule has 0 aromatic heterocycles. The van der Waals surface area contributed by atoms with Crippen molar-refractivity contribution >= 4 is 0 Å². The van der Waals surface area contributed by atoms with Crippen LogP contribution in [-0.4, -0.2) is 14.2 Å². The van der Waals surface area contributed by atoms with Crippen molar-refractivity contribution in [1.82, 2.24) is 5.73 Å². The van der Waals surface area contributed by atoms with E-state index in [-0.39, 0.29) is 6.04 Å². The van der Waals surface area contributed by atoms with Gasteiger partial charge in [0.2, 0.25) is 0 Å². The molecule has 1 radical (unpaired) electrons. The lowest BCUT2D eigenvalue weighted by molar-refractivity contribution is 0.354. The first-order valence-electron chi connectivity index (χ1n) is 4.66. The van der Waals surface area contributed by atoms with Gasteiger partial charge in [0.05, 0.1) is 14.2 Å². The van der Waals surface area contributed by atoms with E-state index in [9.17, 15) is 0 Å². The van der Waals surface area contributed by atoms with Crippen LogP contribution >= 0.6 is 0 Å². The Morgan fingerprint density at radius 1 is 1.21 bits per heavy atom. The summed E-state index contributed by atoms with van der Waals surface area (Å²) in [6.07, 6.45) is 0.801. The Bertz CT molecular complexity index is 299. The van der Waals surface area contributed by atoms with Gasteiger partial charge in [-0.3, -0.25) is 0 Å². The summed E-state index contributed by atoms with van der Waals surface area (Å²) < 4.78 is 10.3. The fraction of sp³-hybridized carbons (Fsp3) is 0.455. The molecule has 77 valence electrons.